The molecule has 0 fully saturated rings. The number of ether oxygens (including phenoxy) is 2. The molecule has 0 heterocycles. The van der Waals surface area contributed by atoms with E-state index in [0.717, 1.165) is 4.90 Å². The summed E-state index contributed by atoms with van der Waals surface area (Å²) in [5.74, 6) is 1.10. The summed E-state index contributed by atoms with van der Waals surface area (Å²) < 4.78 is 38.1. The van der Waals surface area contributed by atoms with Gasteiger partial charge in [0.05, 0.1) is 30.6 Å². The number of rotatable bonds is 9. The Bertz CT molecular complexity index is 1230. The molecular weight excluding hydrogens is 507 g/mol. The van der Waals surface area contributed by atoms with E-state index in [1.807, 2.05) is 6.07 Å². The van der Waals surface area contributed by atoms with Gasteiger partial charge in [0, 0.05) is 20.6 Å². The Balaban J connectivity index is 1.60. The van der Waals surface area contributed by atoms with Crippen LogP contribution < -0.4 is 19.5 Å². The second-order valence-corrected chi connectivity index (χ2v) is 10.2. The Hall–Kier alpha value is -2.59. The van der Waals surface area contributed by atoms with Gasteiger partial charge >= 0.3 is 0 Å². The van der Waals surface area contributed by atoms with Crippen LogP contribution in [-0.2, 0) is 14.8 Å². The van der Waals surface area contributed by atoms with Gasteiger partial charge in [-0.25, -0.2) is 8.42 Å². The summed E-state index contributed by atoms with van der Waals surface area (Å²) in [6.45, 7) is 0. The summed E-state index contributed by atoms with van der Waals surface area (Å²) >= 11 is 13.2. The molecule has 33 heavy (non-hydrogen) atoms. The van der Waals surface area contributed by atoms with Gasteiger partial charge in [-0.05, 0) is 60.7 Å². The van der Waals surface area contributed by atoms with Crippen LogP contribution >= 0.6 is 35.0 Å². The van der Waals surface area contributed by atoms with Crippen LogP contribution in [0.1, 0.15) is 0 Å². The number of hydrogen-bond donors (Lipinski definition) is 2. The smallest absolute Gasteiger partial charge is 0.261 e. The maximum absolute atomic E-state index is 12.6. The Morgan fingerprint density at radius 1 is 0.879 bits per heavy atom. The third kappa shape index (κ3) is 6.94. The second kappa shape index (κ2) is 11.0. The van der Waals surface area contributed by atoms with Crippen LogP contribution in [0.15, 0.2) is 70.5 Å². The number of hydrogen-bond acceptors (Lipinski definition) is 6. The van der Waals surface area contributed by atoms with Gasteiger partial charge in [0.15, 0.2) is 11.5 Å². The van der Waals surface area contributed by atoms with Crippen LogP contribution in [-0.4, -0.2) is 34.3 Å². The molecule has 3 rings (SSSR count). The van der Waals surface area contributed by atoms with Crippen molar-refractivity contribution in [1.29, 1.82) is 0 Å². The average molecular weight is 527 g/mol. The summed E-state index contributed by atoms with van der Waals surface area (Å²) in [6, 6.07) is 15.6. The maximum Gasteiger partial charge on any atom is 0.261 e. The molecule has 0 unspecified atom stereocenters. The number of sulfonamides is 1. The number of benzene rings is 3. The van der Waals surface area contributed by atoms with E-state index in [1.165, 1.54) is 54.2 Å². The molecule has 3 aromatic rings. The monoisotopic (exact) mass is 526 g/mol. The minimum atomic E-state index is -3.86. The molecule has 3 aromatic carbocycles. The highest BCUT2D eigenvalue weighted by molar-refractivity contribution is 8.00. The lowest BCUT2D eigenvalue weighted by molar-refractivity contribution is -0.113. The molecule has 0 saturated carbocycles. The predicted octanol–water partition coefficient (Wildman–Crippen LogP) is 5.54. The first kappa shape index (κ1) is 25.0. The number of methoxy groups -OCH3 is 2. The first-order valence-electron chi connectivity index (χ1n) is 9.44. The highest BCUT2D eigenvalue weighted by Crippen LogP contribution is 2.32. The summed E-state index contributed by atoms with van der Waals surface area (Å²) in [5, 5.41) is 3.36. The van der Waals surface area contributed by atoms with Gasteiger partial charge in [-0.15, -0.1) is 11.8 Å². The van der Waals surface area contributed by atoms with Gasteiger partial charge in [0.1, 0.15) is 0 Å². The van der Waals surface area contributed by atoms with Crippen molar-refractivity contribution >= 4 is 62.3 Å². The van der Waals surface area contributed by atoms with Crippen molar-refractivity contribution in [3.8, 4) is 11.5 Å². The molecular formula is C22H20Cl2N2O5S2. The summed E-state index contributed by atoms with van der Waals surface area (Å²) in [4.78, 5) is 13.2. The third-order valence-corrected chi connectivity index (χ3v) is 7.12. The summed E-state index contributed by atoms with van der Waals surface area (Å²) in [6.07, 6.45) is 0. The Morgan fingerprint density at radius 2 is 1.52 bits per heavy atom. The molecule has 0 aliphatic rings. The van der Waals surface area contributed by atoms with Gasteiger partial charge in [-0.2, -0.15) is 0 Å². The zero-order valence-corrected chi connectivity index (χ0v) is 20.7. The first-order valence-corrected chi connectivity index (χ1v) is 12.7. The van der Waals surface area contributed by atoms with Crippen LogP contribution in [0, 0.1) is 0 Å². The van der Waals surface area contributed by atoms with E-state index in [4.69, 9.17) is 32.7 Å². The number of halogens is 2. The Morgan fingerprint density at radius 3 is 2.12 bits per heavy atom. The molecule has 11 heteroatoms. The normalized spacial score (nSPS) is 11.0. The van der Waals surface area contributed by atoms with E-state index in [0.29, 0.717) is 27.2 Å². The van der Waals surface area contributed by atoms with Crippen molar-refractivity contribution in [3.63, 3.8) is 0 Å². The topological polar surface area (TPSA) is 93.7 Å². The van der Waals surface area contributed by atoms with Crippen LogP contribution in [0.3, 0.4) is 0 Å². The summed E-state index contributed by atoms with van der Waals surface area (Å²) in [5.41, 5.74) is 0.717. The van der Waals surface area contributed by atoms with Crippen LogP contribution in [0.4, 0.5) is 11.4 Å². The lowest BCUT2D eigenvalue weighted by atomic mass is 10.3. The number of thioether (sulfide) groups is 1. The molecule has 174 valence electrons. The molecule has 0 saturated heterocycles. The number of amides is 1. The SMILES string of the molecule is COc1ccc(SCC(=O)Nc2ccc(S(=O)(=O)Nc3cc(Cl)cc(Cl)c3)cc2)cc1OC. The van der Waals surface area contributed by atoms with Crippen molar-refractivity contribution in [2.75, 3.05) is 30.0 Å². The van der Waals surface area contributed by atoms with Crippen LogP contribution in [0.25, 0.3) is 0 Å². The fourth-order valence-corrected chi connectivity index (χ4v) is 5.09. The van der Waals surface area contributed by atoms with E-state index in [1.54, 1.807) is 26.4 Å². The molecule has 1 amide bonds. The minimum Gasteiger partial charge on any atom is -0.493 e. The molecule has 0 aliphatic carbocycles. The number of nitrogens with one attached hydrogen (secondary N) is 2. The van der Waals surface area contributed by atoms with Crippen LogP contribution in [0.2, 0.25) is 10.0 Å². The van der Waals surface area contributed by atoms with Gasteiger partial charge in [0.2, 0.25) is 5.91 Å². The van der Waals surface area contributed by atoms with Gasteiger partial charge in [-0.3, -0.25) is 9.52 Å². The number of carbonyl (C=O) groups is 1. The zero-order chi connectivity index (χ0) is 24.0. The fourth-order valence-electron chi connectivity index (χ4n) is 2.80. The van der Waals surface area contributed by atoms with E-state index in [2.05, 4.69) is 10.0 Å². The van der Waals surface area contributed by atoms with Crippen molar-refractivity contribution in [1.82, 2.24) is 0 Å². The van der Waals surface area contributed by atoms with E-state index < -0.39 is 10.0 Å². The van der Waals surface area contributed by atoms with E-state index >= 15 is 0 Å². The molecule has 7 nitrogen and oxygen atoms in total. The lowest BCUT2D eigenvalue weighted by Gasteiger charge is -2.11. The summed E-state index contributed by atoms with van der Waals surface area (Å²) in [7, 11) is -0.760. The fraction of sp³-hybridized carbons (Fsp3) is 0.136. The number of anilines is 2. The highest BCUT2D eigenvalue weighted by Gasteiger charge is 2.15. The van der Waals surface area contributed by atoms with Crippen molar-refractivity contribution < 1.29 is 22.7 Å². The third-order valence-electron chi connectivity index (χ3n) is 4.29. The predicted molar refractivity (Wildman–Crippen MR) is 133 cm³/mol. The van der Waals surface area contributed by atoms with Gasteiger partial charge in [-0.1, -0.05) is 23.2 Å². The quantitative estimate of drug-likeness (QED) is 0.355. The zero-order valence-electron chi connectivity index (χ0n) is 17.6. The van der Waals surface area contributed by atoms with E-state index in [-0.39, 0.29) is 22.2 Å². The molecule has 0 radical (unpaired) electrons. The maximum atomic E-state index is 12.6. The first-order chi connectivity index (χ1) is 15.7. The molecule has 0 bridgehead atoms. The average Bonchev–Trinajstić information content (AvgIpc) is 2.76. The van der Waals surface area contributed by atoms with Gasteiger partial charge in [0.25, 0.3) is 10.0 Å². The van der Waals surface area contributed by atoms with Crippen molar-refractivity contribution in [2.45, 2.75) is 9.79 Å². The highest BCUT2D eigenvalue weighted by atomic mass is 35.5. The molecule has 0 spiro atoms. The van der Waals surface area contributed by atoms with Crippen molar-refractivity contribution in [3.05, 3.63) is 70.7 Å². The largest absolute Gasteiger partial charge is 0.493 e. The standard InChI is InChI=1S/C22H20Cl2N2O5S2/c1-30-20-8-5-18(12-21(20)31-2)32-13-22(27)25-16-3-6-19(7-4-16)33(28,29)26-17-10-14(23)9-15(24)11-17/h3-12,26H,13H2,1-2H3,(H,25,27). The minimum absolute atomic E-state index is 0.0244. The molecule has 0 aliphatic heterocycles. The van der Waals surface area contributed by atoms with E-state index in [9.17, 15) is 13.2 Å². The second-order valence-electron chi connectivity index (χ2n) is 6.64. The molecule has 0 aromatic heterocycles. The van der Waals surface area contributed by atoms with Gasteiger partial charge < -0.3 is 14.8 Å². The Kier molecular flexibility index (Phi) is 8.36. The Labute approximate surface area is 206 Å². The lowest BCUT2D eigenvalue weighted by Crippen LogP contribution is -2.15. The molecule has 2 N–H and O–H groups in total. The molecule has 0 atom stereocenters. The number of carbonyl (C=O) groups excluding carboxylic acids is 1. The van der Waals surface area contributed by atoms with Crippen molar-refractivity contribution in [2.24, 2.45) is 0 Å². The van der Waals surface area contributed by atoms with Crippen LogP contribution in [0.5, 0.6) is 11.5 Å².